The van der Waals surface area contributed by atoms with Crippen LogP contribution in [0.5, 0.6) is 5.75 Å². The predicted octanol–water partition coefficient (Wildman–Crippen LogP) is 7.53. The number of unbranched alkanes of at least 4 members (excludes halogenated alkanes) is 9. The summed E-state index contributed by atoms with van der Waals surface area (Å²) in [6, 6.07) is 15.7. The molecule has 3 nitrogen and oxygen atoms in total. The molecule has 0 saturated heterocycles. The van der Waals surface area contributed by atoms with Crippen LogP contribution in [0.15, 0.2) is 48.5 Å². The van der Waals surface area contributed by atoms with Crippen LogP contribution in [0.3, 0.4) is 0 Å². The lowest BCUT2D eigenvalue weighted by molar-refractivity contribution is 0.556. The van der Waals surface area contributed by atoms with Gasteiger partial charge < -0.3 is 4.18 Å². The lowest BCUT2D eigenvalue weighted by Gasteiger charge is -2.08. The summed E-state index contributed by atoms with van der Waals surface area (Å²) in [4.78, 5) is 0. The Morgan fingerprint density at radius 2 is 1.31 bits per heavy atom. The predicted molar refractivity (Wildman–Crippen MR) is 126 cm³/mol. The quantitative estimate of drug-likeness (QED) is 0.305. The van der Waals surface area contributed by atoms with E-state index in [4.69, 9.17) is 4.18 Å². The van der Waals surface area contributed by atoms with Crippen molar-refractivity contribution in [2.24, 2.45) is 0 Å². The SMILES string of the molecule is CCCCCCCCCCCCc1ccc(NS(=O)Oc2ccc(C)cc2)cc1. The molecule has 1 unspecified atom stereocenters. The maximum absolute atomic E-state index is 12.1. The van der Waals surface area contributed by atoms with Crippen molar-refractivity contribution in [3.63, 3.8) is 0 Å². The second kappa shape index (κ2) is 14.2. The molecular weight excluding hydrogens is 378 g/mol. The van der Waals surface area contributed by atoms with Crippen molar-refractivity contribution in [2.75, 3.05) is 4.72 Å². The molecule has 160 valence electrons. The molecule has 4 heteroatoms. The minimum atomic E-state index is -1.60. The Morgan fingerprint density at radius 1 is 0.759 bits per heavy atom. The normalized spacial score (nSPS) is 11.9. The smallest absolute Gasteiger partial charge is 0.316 e. The molecule has 0 aromatic heterocycles. The number of benzene rings is 2. The molecule has 0 spiro atoms. The van der Waals surface area contributed by atoms with Gasteiger partial charge in [0.1, 0.15) is 5.75 Å². The van der Waals surface area contributed by atoms with Crippen molar-refractivity contribution >= 4 is 17.0 Å². The van der Waals surface area contributed by atoms with Crippen LogP contribution in [-0.4, -0.2) is 4.21 Å². The van der Waals surface area contributed by atoms with E-state index in [-0.39, 0.29) is 0 Å². The van der Waals surface area contributed by atoms with Gasteiger partial charge in [-0.2, -0.15) is 4.21 Å². The summed E-state index contributed by atoms with van der Waals surface area (Å²) < 4.78 is 20.4. The zero-order valence-corrected chi connectivity index (χ0v) is 18.9. The van der Waals surface area contributed by atoms with E-state index in [9.17, 15) is 4.21 Å². The maximum atomic E-state index is 12.1. The van der Waals surface area contributed by atoms with Gasteiger partial charge in [0.25, 0.3) is 0 Å². The minimum Gasteiger partial charge on any atom is -0.385 e. The first kappa shape index (κ1) is 23.5. The second-order valence-corrected chi connectivity index (χ2v) is 8.70. The zero-order chi connectivity index (χ0) is 20.7. The van der Waals surface area contributed by atoms with Crippen LogP contribution in [0.25, 0.3) is 0 Å². The van der Waals surface area contributed by atoms with Gasteiger partial charge in [-0.25, -0.2) is 0 Å². The largest absolute Gasteiger partial charge is 0.385 e. The maximum Gasteiger partial charge on any atom is 0.316 e. The van der Waals surface area contributed by atoms with Crippen LogP contribution < -0.4 is 8.91 Å². The molecule has 2 rings (SSSR count). The van der Waals surface area contributed by atoms with Crippen molar-refractivity contribution in [3.05, 3.63) is 59.7 Å². The highest BCUT2D eigenvalue weighted by Crippen LogP contribution is 2.17. The van der Waals surface area contributed by atoms with Gasteiger partial charge >= 0.3 is 11.3 Å². The molecule has 2 aromatic carbocycles. The first-order valence-corrected chi connectivity index (χ1v) is 12.3. The molecular formula is C25H37NO2S. The van der Waals surface area contributed by atoms with Crippen LogP contribution in [0.2, 0.25) is 0 Å². The summed E-state index contributed by atoms with van der Waals surface area (Å²) in [6.07, 6.45) is 14.7. The minimum absolute atomic E-state index is 0.596. The molecule has 29 heavy (non-hydrogen) atoms. The van der Waals surface area contributed by atoms with Crippen molar-refractivity contribution in [1.82, 2.24) is 0 Å². The first-order chi connectivity index (χ1) is 14.2. The summed E-state index contributed by atoms with van der Waals surface area (Å²) in [5.41, 5.74) is 3.29. The fraction of sp³-hybridized carbons (Fsp3) is 0.520. The zero-order valence-electron chi connectivity index (χ0n) is 18.1. The molecule has 0 aliphatic rings. The van der Waals surface area contributed by atoms with Gasteiger partial charge in [-0.15, -0.1) is 0 Å². The van der Waals surface area contributed by atoms with Crippen molar-refractivity contribution in [1.29, 1.82) is 0 Å². The molecule has 0 heterocycles. The van der Waals surface area contributed by atoms with E-state index in [1.54, 1.807) is 0 Å². The van der Waals surface area contributed by atoms with Crippen molar-refractivity contribution in [3.8, 4) is 5.75 Å². The van der Waals surface area contributed by atoms with Gasteiger partial charge in [0.05, 0.1) is 0 Å². The third-order valence-electron chi connectivity index (χ3n) is 5.17. The molecule has 0 aliphatic heterocycles. The fourth-order valence-corrected chi connectivity index (χ4v) is 4.01. The van der Waals surface area contributed by atoms with Gasteiger partial charge in [-0.1, -0.05) is 94.5 Å². The Bertz CT molecular complexity index is 698. The highest BCUT2D eigenvalue weighted by Gasteiger charge is 2.03. The average Bonchev–Trinajstić information content (AvgIpc) is 2.72. The number of hydrogen-bond donors (Lipinski definition) is 1. The summed E-state index contributed by atoms with van der Waals surface area (Å²) in [6.45, 7) is 4.28. The van der Waals surface area contributed by atoms with E-state index >= 15 is 0 Å². The lowest BCUT2D eigenvalue weighted by Crippen LogP contribution is -2.10. The van der Waals surface area contributed by atoms with Crippen molar-refractivity contribution in [2.45, 2.75) is 84.5 Å². The van der Waals surface area contributed by atoms with E-state index in [1.165, 1.54) is 69.8 Å². The van der Waals surface area contributed by atoms with Crippen LogP contribution in [-0.2, 0) is 17.7 Å². The highest BCUT2D eigenvalue weighted by atomic mass is 32.2. The Kier molecular flexibility index (Phi) is 11.5. The Balaban J connectivity index is 1.57. The Hall–Kier alpha value is -1.81. The molecule has 0 saturated carbocycles. The Morgan fingerprint density at radius 3 is 1.90 bits per heavy atom. The van der Waals surface area contributed by atoms with Gasteiger partial charge in [0.2, 0.25) is 0 Å². The van der Waals surface area contributed by atoms with E-state index < -0.39 is 11.3 Å². The van der Waals surface area contributed by atoms with Crippen LogP contribution in [0.4, 0.5) is 5.69 Å². The number of nitrogens with one attached hydrogen (secondary N) is 1. The molecule has 0 fully saturated rings. The van der Waals surface area contributed by atoms with E-state index in [1.807, 2.05) is 43.3 Å². The summed E-state index contributed by atoms with van der Waals surface area (Å²) in [5.74, 6) is 0.596. The third kappa shape index (κ3) is 10.5. The first-order valence-electron chi connectivity index (χ1n) is 11.2. The van der Waals surface area contributed by atoms with Gasteiger partial charge in [0, 0.05) is 5.69 Å². The number of hydrogen-bond acceptors (Lipinski definition) is 2. The molecule has 1 N–H and O–H groups in total. The fourth-order valence-electron chi connectivity index (χ4n) is 3.35. The third-order valence-corrected chi connectivity index (χ3v) is 5.91. The summed E-state index contributed by atoms with van der Waals surface area (Å²) >= 11 is -1.60. The molecule has 0 bridgehead atoms. The van der Waals surface area contributed by atoms with Gasteiger partial charge in [-0.05, 0) is 49.6 Å². The van der Waals surface area contributed by atoms with Crippen LogP contribution >= 0.6 is 0 Å². The summed E-state index contributed by atoms with van der Waals surface area (Å²) in [7, 11) is 0. The molecule has 0 amide bonds. The monoisotopic (exact) mass is 415 g/mol. The standard InChI is InChI=1S/C25H37NO2S/c1-3-4-5-6-7-8-9-10-11-12-13-23-16-18-24(19-17-23)26-29(27)28-25-20-14-22(2)15-21-25/h14-21,26H,3-13H2,1-2H3. The number of aryl methyl sites for hydroxylation is 2. The average molecular weight is 416 g/mol. The molecule has 0 aliphatic carbocycles. The van der Waals surface area contributed by atoms with E-state index in [0.29, 0.717) is 5.75 Å². The van der Waals surface area contributed by atoms with Crippen LogP contribution in [0.1, 0.15) is 82.3 Å². The molecule has 0 radical (unpaired) electrons. The topological polar surface area (TPSA) is 38.3 Å². The van der Waals surface area contributed by atoms with Gasteiger partial charge in [-0.3, -0.25) is 4.72 Å². The highest BCUT2D eigenvalue weighted by molar-refractivity contribution is 7.81. The summed E-state index contributed by atoms with van der Waals surface area (Å²) in [5, 5.41) is 0. The van der Waals surface area contributed by atoms with Crippen LogP contribution in [0, 0.1) is 6.92 Å². The second-order valence-electron chi connectivity index (χ2n) is 7.86. The molecule has 2 aromatic rings. The van der Waals surface area contributed by atoms with Crippen molar-refractivity contribution < 1.29 is 8.39 Å². The lowest BCUT2D eigenvalue weighted by atomic mass is 10.0. The van der Waals surface area contributed by atoms with E-state index in [0.717, 1.165) is 17.7 Å². The number of anilines is 1. The molecule has 1 atom stereocenters. The van der Waals surface area contributed by atoms with E-state index in [2.05, 4.69) is 23.8 Å². The van der Waals surface area contributed by atoms with Gasteiger partial charge in [0.15, 0.2) is 0 Å². The number of rotatable bonds is 15. The Labute approximate surface area is 180 Å².